The number of rotatable bonds is 9. The minimum absolute atomic E-state index is 0.0130. The highest BCUT2D eigenvalue weighted by atomic mass is 32.2. The van der Waals surface area contributed by atoms with Gasteiger partial charge in [0.05, 0.1) is 5.41 Å². The van der Waals surface area contributed by atoms with E-state index in [2.05, 4.69) is 4.74 Å². The molecular weight excluding hydrogens is 454 g/mol. The van der Waals surface area contributed by atoms with E-state index >= 15 is 0 Å². The lowest BCUT2D eigenvalue weighted by Gasteiger charge is -2.20. The van der Waals surface area contributed by atoms with Gasteiger partial charge in [-0.05, 0) is 55.3 Å². The molecule has 2 rings (SSSR count). The minimum atomic E-state index is -5.95. The monoisotopic (exact) mass is 476 g/mol. The van der Waals surface area contributed by atoms with Crippen LogP contribution in [0.15, 0.2) is 36.4 Å². The van der Waals surface area contributed by atoms with E-state index < -0.39 is 39.7 Å². The fourth-order valence-corrected chi connectivity index (χ4v) is 2.57. The van der Waals surface area contributed by atoms with Gasteiger partial charge in [-0.1, -0.05) is 19.1 Å². The Morgan fingerprint density at radius 1 is 1.03 bits per heavy atom. The molecule has 1 atom stereocenters. The summed E-state index contributed by atoms with van der Waals surface area (Å²) in [4.78, 5) is 24.0. The van der Waals surface area contributed by atoms with E-state index in [9.17, 15) is 26.8 Å². The summed E-state index contributed by atoms with van der Waals surface area (Å²) in [5.74, 6) is -1.25. The summed E-state index contributed by atoms with van der Waals surface area (Å²) in [6.45, 7) is 4.19. The molecule has 0 amide bonds. The van der Waals surface area contributed by atoms with Crippen molar-refractivity contribution in [3.8, 4) is 11.5 Å². The van der Waals surface area contributed by atoms with Crippen molar-refractivity contribution in [3.63, 3.8) is 0 Å². The average molecular weight is 476 g/mol. The van der Waals surface area contributed by atoms with E-state index in [1.54, 1.807) is 38.1 Å². The van der Waals surface area contributed by atoms with Gasteiger partial charge in [-0.2, -0.15) is 17.2 Å². The first-order chi connectivity index (χ1) is 14.7. The zero-order valence-corrected chi connectivity index (χ0v) is 18.2. The number of aliphatic hydroxyl groups excluding tert-OH is 1. The second-order valence-corrected chi connectivity index (χ2v) is 8.97. The molecule has 0 spiro atoms. The van der Waals surface area contributed by atoms with Crippen LogP contribution in [0.1, 0.15) is 27.2 Å². The van der Waals surface area contributed by atoms with Crippen LogP contribution in [0, 0.1) is 5.41 Å². The SMILES string of the molecule is CCC(C)(C)C(=O)Oc1ccc2cc(OC(=O)COC(O)C(F)(F)S(=O)(=O)O)ccc2c1. The van der Waals surface area contributed by atoms with Gasteiger partial charge in [0.2, 0.25) is 6.29 Å². The summed E-state index contributed by atoms with van der Waals surface area (Å²) < 4.78 is 70.2. The quantitative estimate of drug-likeness (QED) is 0.242. The first-order valence-corrected chi connectivity index (χ1v) is 10.7. The Labute approximate surface area is 182 Å². The number of fused-ring (bicyclic) bond motifs is 1. The molecule has 0 bridgehead atoms. The van der Waals surface area contributed by atoms with E-state index in [0.29, 0.717) is 22.9 Å². The molecule has 2 aromatic rings. The van der Waals surface area contributed by atoms with Crippen LogP contribution in [-0.4, -0.2) is 48.2 Å². The normalized spacial score (nSPS) is 13.6. The lowest BCUT2D eigenvalue weighted by Crippen LogP contribution is -2.43. The van der Waals surface area contributed by atoms with Crippen LogP contribution >= 0.6 is 0 Å². The summed E-state index contributed by atoms with van der Waals surface area (Å²) in [5, 5.41) is 5.30. The molecule has 0 radical (unpaired) electrons. The maximum atomic E-state index is 13.2. The van der Waals surface area contributed by atoms with Crippen molar-refractivity contribution in [2.45, 2.75) is 38.7 Å². The second-order valence-electron chi connectivity index (χ2n) is 7.47. The van der Waals surface area contributed by atoms with Gasteiger partial charge >= 0.3 is 27.3 Å². The standard InChI is InChI=1S/C20H22F2O9S/c1-4-19(2,3)17(24)31-15-8-6-12-9-14(7-5-13(12)10-15)30-16(23)11-29-18(25)20(21,22)32(26,27)28/h5-10,18,25H,4,11H2,1-3H3,(H,26,27,28). The van der Waals surface area contributed by atoms with Crippen LogP contribution < -0.4 is 9.47 Å². The number of alkyl halides is 2. The minimum Gasteiger partial charge on any atom is -0.426 e. The molecule has 1 unspecified atom stereocenters. The van der Waals surface area contributed by atoms with Crippen LogP contribution in [0.4, 0.5) is 8.78 Å². The van der Waals surface area contributed by atoms with Gasteiger partial charge in [0, 0.05) is 0 Å². The molecule has 32 heavy (non-hydrogen) atoms. The number of hydrogen-bond acceptors (Lipinski definition) is 8. The number of aliphatic hydroxyl groups is 1. The topological polar surface area (TPSA) is 136 Å². The molecule has 176 valence electrons. The third kappa shape index (κ3) is 5.97. The fourth-order valence-electron chi connectivity index (χ4n) is 2.25. The number of hydrogen-bond donors (Lipinski definition) is 2. The van der Waals surface area contributed by atoms with Gasteiger partial charge in [0.25, 0.3) is 0 Å². The van der Waals surface area contributed by atoms with Gasteiger partial charge in [-0.25, -0.2) is 4.79 Å². The second kappa shape index (κ2) is 9.45. The van der Waals surface area contributed by atoms with E-state index in [0.717, 1.165) is 0 Å². The Morgan fingerprint density at radius 2 is 1.53 bits per heavy atom. The fraction of sp³-hybridized carbons (Fsp3) is 0.400. The molecule has 0 aliphatic heterocycles. The van der Waals surface area contributed by atoms with Crippen molar-refractivity contribution in [1.82, 2.24) is 0 Å². The van der Waals surface area contributed by atoms with Crippen LogP contribution in [0.3, 0.4) is 0 Å². The third-order valence-electron chi connectivity index (χ3n) is 4.65. The predicted octanol–water partition coefficient (Wildman–Crippen LogP) is 2.90. The molecule has 0 saturated heterocycles. The van der Waals surface area contributed by atoms with Crippen LogP contribution in [-0.2, 0) is 24.4 Å². The van der Waals surface area contributed by atoms with Crippen molar-refractivity contribution in [1.29, 1.82) is 0 Å². The molecule has 0 fully saturated rings. The molecular formula is C20H22F2O9S. The van der Waals surface area contributed by atoms with Gasteiger partial charge in [-0.15, -0.1) is 0 Å². The molecule has 0 aliphatic carbocycles. The lowest BCUT2D eigenvalue weighted by atomic mass is 9.91. The Morgan fingerprint density at radius 3 is 2.00 bits per heavy atom. The van der Waals surface area contributed by atoms with E-state index in [1.165, 1.54) is 12.1 Å². The molecule has 9 nitrogen and oxygen atoms in total. The Balaban J connectivity index is 2.04. The number of halogens is 2. The van der Waals surface area contributed by atoms with Crippen molar-refractivity contribution in [3.05, 3.63) is 36.4 Å². The zero-order chi connectivity index (χ0) is 24.3. The molecule has 12 heteroatoms. The van der Waals surface area contributed by atoms with Crippen LogP contribution in [0.5, 0.6) is 11.5 Å². The summed E-state index contributed by atoms with van der Waals surface area (Å²) in [5.41, 5.74) is -0.645. The van der Waals surface area contributed by atoms with Crippen molar-refractivity contribution in [2.24, 2.45) is 5.41 Å². The summed E-state index contributed by atoms with van der Waals surface area (Å²) in [7, 11) is -5.95. The molecule has 0 heterocycles. The maximum absolute atomic E-state index is 13.2. The largest absolute Gasteiger partial charge is 0.426 e. The highest BCUT2D eigenvalue weighted by Crippen LogP contribution is 2.28. The molecule has 0 aliphatic rings. The Bertz CT molecular complexity index is 1110. The van der Waals surface area contributed by atoms with Crippen molar-refractivity contribution < 1.29 is 50.7 Å². The lowest BCUT2D eigenvalue weighted by molar-refractivity contribution is -0.202. The van der Waals surface area contributed by atoms with Crippen molar-refractivity contribution in [2.75, 3.05) is 6.61 Å². The first-order valence-electron chi connectivity index (χ1n) is 9.28. The number of ether oxygens (including phenoxy) is 3. The number of esters is 2. The molecule has 2 N–H and O–H groups in total. The highest BCUT2D eigenvalue weighted by molar-refractivity contribution is 7.86. The van der Waals surface area contributed by atoms with E-state index in [-0.39, 0.29) is 11.7 Å². The molecule has 0 saturated carbocycles. The smallest absolute Gasteiger partial charge is 0.418 e. The number of benzene rings is 2. The van der Waals surface area contributed by atoms with E-state index in [1.807, 2.05) is 6.92 Å². The Kier molecular flexibility index (Phi) is 7.55. The van der Waals surface area contributed by atoms with E-state index in [4.69, 9.17) is 19.1 Å². The first kappa shape index (κ1) is 25.6. The molecule has 0 aromatic heterocycles. The highest BCUT2D eigenvalue weighted by Gasteiger charge is 2.52. The average Bonchev–Trinajstić information content (AvgIpc) is 2.71. The van der Waals surface area contributed by atoms with Gasteiger partial charge in [0.1, 0.15) is 18.1 Å². The van der Waals surface area contributed by atoms with Crippen LogP contribution in [0.25, 0.3) is 10.8 Å². The third-order valence-corrected chi connectivity index (χ3v) is 5.54. The predicted molar refractivity (Wildman–Crippen MR) is 108 cm³/mol. The Hall–Kier alpha value is -2.67. The summed E-state index contributed by atoms with van der Waals surface area (Å²) >= 11 is 0. The number of carbonyl (C=O) groups excluding carboxylic acids is 2. The number of carbonyl (C=O) groups is 2. The zero-order valence-electron chi connectivity index (χ0n) is 17.4. The van der Waals surface area contributed by atoms with Crippen LogP contribution in [0.2, 0.25) is 0 Å². The maximum Gasteiger partial charge on any atom is 0.418 e. The summed E-state index contributed by atoms with van der Waals surface area (Å²) in [6, 6.07) is 9.16. The van der Waals surface area contributed by atoms with Crippen molar-refractivity contribution >= 4 is 32.8 Å². The van der Waals surface area contributed by atoms with Gasteiger partial charge < -0.3 is 19.3 Å². The summed E-state index contributed by atoms with van der Waals surface area (Å²) in [6.07, 6.45) is -2.68. The van der Waals surface area contributed by atoms with Gasteiger partial charge in [-0.3, -0.25) is 9.35 Å². The molecule has 2 aromatic carbocycles. The van der Waals surface area contributed by atoms with Gasteiger partial charge in [0.15, 0.2) is 0 Å².